The largest absolute Gasteiger partial charge is 0.355 e. The number of benzene rings is 1. The summed E-state index contributed by atoms with van der Waals surface area (Å²) >= 11 is 0. The van der Waals surface area contributed by atoms with Gasteiger partial charge in [-0.2, -0.15) is 0 Å². The van der Waals surface area contributed by atoms with Gasteiger partial charge in [-0.1, -0.05) is 26.0 Å². The second kappa shape index (κ2) is 9.19. The molecule has 2 aliphatic rings. The number of carbonyl (C=O) groups is 3. The fourth-order valence-corrected chi connectivity index (χ4v) is 4.23. The molecule has 0 saturated carbocycles. The maximum Gasteiger partial charge on any atom is 0.244 e. The van der Waals surface area contributed by atoms with Gasteiger partial charge in [0.2, 0.25) is 17.7 Å². The maximum atomic E-state index is 12.6. The van der Waals surface area contributed by atoms with Crippen LogP contribution in [0, 0.1) is 11.8 Å². The SMILES string of the molecule is CC1CC(C)CN(CCNC(=O)CCC(=O)N2CC(=O)Nc3ccccc32)C1. The van der Waals surface area contributed by atoms with Crippen LogP contribution in [0.4, 0.5) is 11.4 Å². The van der Waals surface area contributed by atoms with Crippen LogP contribution in [0.2, 0.25) is 0 Å². The molecule has 1 fully saturated rings. The molecule has 2 aliphatic heterocycles. The van der Waals surface area contributed by atoms with Crippen molar-refractivity contribution >= 4 is 29.1 Å². The lowest BCUT2D eigenvalue weighted by Crippen LogP contribution is -2.43. The third-order valence-corrected chi connectivity index (χ3v) is 5.33. The van der Waals surface area contributed by atoms with Crippen LogP contribution in [-0.4, -0.2) is 55.3 Å². The summed E-state index contributed by atoms with van der Waals surface area (Å²) < 4.78 is 0. The molecule has 152 valence electrons. The molecule has 0 bridgehead atoms. The number of hydrogen-bond acceptors (Lipinski definition) is 4. The first-order valence-corrected chi connectivity index (χ1v) is 10.1. The molecule has 0 radical (unpaired) electrons. The highest BCUT2D eigenvalue weighted by atomic mass is 16.2. The van der Waals surface area contributed by atoms with Crippen LogP contribution in [0.5, 0.6) is 0 Å². The molecule has 0 spiro atoms. The molecule has 2 unspecified atom stereocenters. The predicted molar refractivity (Wildman–Crippen MR) is 109 cm³/mol. The Balaban J connectivity index is 1.42. The highest BCUT2D eigenvalue weighted by molar-refractivity contribution is 6.10. The average Bonchev–Trinajstić information content (AvgIpc) is 2.64. The van der Waals surface area contributed by atoms with Gasteiger partial charge < -0.3 is 20.4 Å². The Morgan fingerprint density at radius 2 is 1.86 bits per heavy atom. The van der Waals surface area contributed by atoms with Crippen LogP contribution in [0.1, 0.15) is 33.1 Å². The minimum atomic E-state index is -0.221. The van der Waals surface area contributed by atoms with Crippen molar-refractivity contribution in [2.45, 2.75) is 33.1 Å². The topological polar surface area (TPSA) is 81.8 Å². The first kappa shape index (κ1) is 20.3. The van der Waals surface area contributed by atoms with Gasteiger partial charge in [0.15, 0.2) is 0 Å². The third-order valence-electron chi connectivity index (χ3n) is 5.33. The van der Waals surface area contributed by atoms with E-state index in [9.17, 15) is 14.4 Å². The molecule has 2 heterocycles. The number of fused-ring (bicyclic) bond motifs is 1. The number of likely N-dealkylation sites (tertiary alicyclic amines) is 1. The zero-order valence-corrected chi connectivity index (χ0v) is 16.7. The molecule has 2 atom stereocenters. The van der Waals surface area contributed by atoms with Gasteiger partial charge >= 0.3 is 0 Å². The first-order chi connectivity index (χ1) is 13.4. The van der Waals surface area contributed by atoms with E-state index in [-0.39, 0.29) is 37.1 Å². The summed E-state index contributed by atoms with van der Waals surface area (Å²) in [4.78, 5) is 40.4. The number of nitrogens with one attached hydrogen (secondary N) is 2. The van der Waals surface area contributed by atoms with Crippen molar-refractivity contribution in [1.82, 2.24) is 10.2 Å². The Kier molecular flexibility index (Phi) is 6.67. The molecule has 0 aromatic heterocycles. The van der Waals surface area contributed by atoms with Crippen LogP contribution in [0.3, 0.4) is 0 Å². The Labute approximate surface area is 166 Å². The van der Waals surface area contributed by atoms with E-state index in [0.717, 1.165) is 19.6 Å². The lowest BCUT2D eigenvalue weighted by Gasteiger charge is -2.34. The first-order valence-electron chi connectivity index (χ1n) is 10.1. The highest BCUT2D eigenvalue weighted by Crippen LogP contribution is 2.29. The lowest BCUT2D eigenvalue weighted by atomic mass is 9.92. The zero-order chi connectivity index (χ0) is 20.1. The van der Waals surface area contributed by atoms with Gasteiger partial charge in [-0.05, 0) is 30.4 Å². The quantitative estimate of drug-likeness (QED) is 0.782. The van der Waals surface area contributed by atoms with Gasteiger partial charge in [-0.3, -0.25) is 14.4 Å². The van der Waals surface area contributed by atoms with E-state index in [2.05, 4.69) is 29.4 Å². The van der Waals surface area contributed by atoms with Crippen molar-refractivity contribution in [2.75, 3.05) is 42.9 Å². The van der Waals surface area contributed by atoms with Crippen molar-refractivity contribution in [3.8, 4) is 0 Å². The standard InChI is InChI=1S/C21H30N4O3/c1-15-11-16(2)13-24(12-15)10-9-22-19(26)7-8-21(28)25-14-20(27)23-17-5-3-4-6-18(17)25/h3-6,15-16H,7-14H2,1-2H3,(H,22,26)(H,23,27). The fraction of sp³-hybridized carbons (Fsp3) is 0.571. The number of nitrogens with zero attached hydrogens (tertiary/aromatic N) is 2. The monoisotopic (exact) mass is 386 g/mol. The van der Waals surface area contributed by atoms with Gasteiger partial charge in [-0.15, -0.1) is 0 Å². The number of rotatable bonds is 6. The predicted octanol–water partition coefficient (Wildman–Crippen LogP) is 1.85. The molecule has 1 saturated heterocycles. The molecular formula is C21H30N4O3. The van der Waals surface area contributed by atoms with Gasteiger partial charge in [0.25, 0.3) is 0 Å². The second-order valence-corrected chi connectivity index (χ2v) is 8.10. The number of piperidine rings is 1. The summed E-state index contributed by atoms with van der Waals surface area (Å²) in [5, 5.41) is 5.67. The van der Waals surface area contributed by atoms with Crippen LogP contribution in [-0.2, 0) is 14.4 Å². The molecule has 3 rings (SSSR count). The van der Waals surface area contributed by atoms with Gasteiger partial charge in [-0.25, -0.2) is 0 Å². The van der Waals surface area contributed by atoms with Crippen molar-refractivity contribution < 1.29 is 14.4 Å². The summed E-state index contributed by atoms with van der Waals surface area (Å²) in [5.41, 5.74) is 1.31. The van der Waals surface area contributed by atoms with E-state index in [1.165, 1.54) is 11.3 Å². The molecular weight excluding hydrogens is 356 g/mol. The molecule has 1 aromatic rings. The highest BCUT2D eigenvalue weighted by Gasteiger charge is 2.26. The minimum Gasteiger partial charge on any atom is -0.355 e. The van der Waals surface area contributed by atoms with E-state index in [1.807, 2.05) is 12.1 Å². The van der Waals surface area contributed by atoms with Crippen molar-refractivity contribution in [2.24, 2.45) is 11.8 Å². The Hall–Kier alpha value is -2.41. The average molecular weight is 386 g/mol. The number of para-hydroxylation sites is 2. The Morgan fingerprint density at radius 3 is 2.61 bits per heavy atom. The molecule has 3 amide bonds. The third kappa shape index (κ3) is 5.32. The number of hydrogen-bond donors (Lipinski definition) is 2. The Bertz CT molecular complexity index is 726. The van der Waals surface area contributed by atoms with Gasteiger partial charge in [0.05, 0.1) is 11.4 Å². The summed E-state index contributed by atoms with van der Waals surface area (Å²) in [5.74, 6) is 0.835. The minimum absolute atomic E-state index is 0.0111. The molecule has 7 heteroatoms. The van der Waals surface area contributed by atoms with E-state index in [4.69, 9.17) is 0 Å². The second-order valence-electron chi connectivity index (χ2n) is 8.10. The van der Waals surface area contributed by atoms with E-state index < -0.39 is 0 Å². The molecule has 2 N–H and O–H groups in total. The fourth-order valence-electron chi connectivity index (χ4n) is 4.23. The van der Waals surface area contributed by atoms with Crippen LogP contribution >= 0.6 is 0 Å². The molecule has 7 nitrogen and oxygen atoms in total. The molecule has 1 aromatic carbocycles. The number of carbonyl (C=O) groups excluding carboxylic acids is 3. The summed E-state index contributed by atoms with van der Waals surface area (Å²) in [6, 6.07) is 7.20. The van der Waals surface area contributed by atoms with Crippen molar-refractivity contribution in [1.29, 1.82) is 0 Å². The van der Waals surface area contributed by atoms with Crippen LogP contribution < -0.4 is 15.5 Å². The summed E-state index contributed by atoms with van der Waals surface area (Å²) in [7, 11) is 0. The lowest BCUT2D eigenvalue weighted by molar-refractivity contribution is -0.125. The van der Waals surface area contributed by atoms with Crippen LogP contribution in [0.15, 0.2) is 24.3 Å². The molecule has 0 aliphatic carbocycles. The Morgan fingerprint density at radius 1 is 1.14 bits per heavy atom. The number of amides is 3. The van der Waals surface area contributed by atoms with E-state index in [0.29, 0.717) is 29.8 Å². The maximum absolute atomic E-state index is 12.6. The normalized spacial score (nSPS) is 22.4. The van der Waals surface area contributed by atoms with Gasteiger partial charge in [0, 0.05) is 39.0 Å². The number of anilines is 2. The van der Waals surface area contributed by atoms with Crippen LogP contribution in [0.25, 0.3) is 0 Å². The zero-order valence-electron chi connectivity index (χ0n) is 16.7. The van der Waals surface area contributed by atoms with E-state index >= 15 is 0 Å². The van der Waals surface area contributed by atoms with Crippen molar-refractivity contribution in [3.05, 3.63) is 24.3 Å². The summed E-state index contributed by atoms with van der Waals surface area (Å²) in [6.45, 7) is 8.13. The summed E-state index contributed by atoms with van der Waals surface area (Å²) in [6.07, 6.45) is 1.49. The van der Waals surface area contributed by atoms with E-state index in [1.54, 1.807) is 12.1 Å². The molecule has 28 heavy (non-hydrogen) atoms. The van der Waals surface area contributed by atoms with Gasteiger partial charge in [0.1, 0.15) is 6.54 Å². The smallest absolute Gasteiger partial charge is 0.244 e. The van der Waals surface area contributed by atoms with Crippen molar-refractivity contribution in [3.63, 3.8) is 0 Å².